The van der Waals surface area contributed by atoms with Gasteiger partial charge in [-0.3, -0.25) is 14.5 Å². The number of nitrogens with one attached hydrogen (secondary N) is 1. The monoisotopic (exact) mass is 391 g/mol. The van der Waals surface area contributed by atoms with Gasteiger partial charge in [0.25, 0.3) is 0 Å². The van der Waals surface area contributed by atoms with Gasteiger partial charge in [-0.25, -0.2) is 0 Å². The summed E-state index contributed by atoms with van der Waals surface area (Å²) in [5, 5.41) is 3.49. The maximum absolute atomic E-state index is 12.2. The van der Waals surface area contributed by atoms with Crippen molar-refractivity contribution in [2.75, 3.05) is 32.7 Å². The molecule has 1 N–H and O–H groups in total. The fourth-order valence-electron chi connectivity index (χ4n) is 4.36. The van der Waals surface area contributed by atoms with Crippen LogP contribution in [-0.2, 0) is 16.1 Å². The van der Waals surface area contributed by atoms with E-state index in [2.05, 4.69) is 22.3 Å². The molecule has 1 unspecified atom stereocenters. The lowest BCUT2D eigenvalue weighted by Crippen LogP contribution is -2.41. The number of hydrogen-bond donors (Lipinski definition) is 1. The molecule has 0 bridgehead atoms. The highest BCUT2D eigenvalue weighted by molar-refractivity contribution is 6.30. The zero-order valence-electron chi connectivity index (χ0n) is 16.1. The molecular weight excluding hydrogens is 362 g/mol. The van der Waals surface area contributed by atoms with Crippen LogP contribution in [0.25, 0.3) is 0 Å². The minimum absolute atomic E-state index is 0.0779. The molecule has 6 heteroatoms. The highest BCUT2D eigenvalue weighted by atomic mass is 35.5. The first-order chi connectivity index (χ1) is 13.0. The van der Waals surface area contributed by atoms with Crippen molar-refractivity contribution in [3.05, 3.63) is 34.9 Å². The van der Waals surface area contributed by atoms with Crippen LogP contribution in [0.1, 0.15) is 38.2 Å². The van der Waals surface area contributed by atoms with Crippen molar-refractivity contribution < 1.29 is 9.59 Å². The highest BCUT2D eigenvalue weighted by Gasteiger charge is 2.32. The molecule has 1 aromatic rings. The van der Waals surface area contributed by atoms with Crippen molar-refractivity contribution >= 4 is 23.4 Å². The summed E-state index contributed by atoms with van der Waals surface area (Å²) in [6, 6.07) is 8.15. The van der Waals surface area contributed by atoms with Gasteiger partial charge >= 0.3 is 0 Å². The summed E-state index contributed by atoms with van der Waals surface area (Å²) in [5.41, 5.74) is 1.32. The second kappa shape index (κ2) is 9.56. The first-order valence-corrected chi connectivity index (χ1v) is 10.4. The number of halogens is 1. The van der Waals surface area contributed by atoms with Crippen LogP contribution in [0, 0.1) is 11.8 Å². The van der Waals surface area contributed by atoms with Gasteiger partial charge in [-0.15, -0.1) is 0 Å². The summed E-state index contributed by atoms with van der Waals surface area (Å²) in [6.45, 7) is 6.94. The summed E-state index contributed by atoms with van der Waals surface area (Å²) in [6.07, 6.45) is 3.87. The molecule has 0 saturated carbocycles. The summed E-state index contributed by atoms with van der Waals surface area (Å²) in [4.78, 5) is 27.7. The van der Waals surface area contributed by atoms with Gasteiger partial charge in [-0.05, 0) is 55.3 Å². The minimum atomic E-state index is -0.0779. The Labute approximate surface area is 167 Å². The van der Waals surface area contributed by atoms with Crippen LogP contribution in [-0.4, -0.2) is 54.3 Å². The molecule has 2 saturated heterocycles. The Morgan fingerprint density at radius 1 is 1.07 bits per heavy atom. The molecular formula is C21H30ClN3O2. The second-order valence-corrected chi connectivity index (χ2v) is 8.30. The molecule has 0 aliphatic carbocycles. The molecule has 0 radical (unpaired) electrons. The third-order valence-corrected chi connectivity index (χ3v) is 6.15. The van der Waals surface area contributed by atoms with Crippen molar-refractivity contribution in [3.63, 3.8) is 0 Å². The maximum Gasteiger partial charge on any atom is 0.224 e. The van der Waals surface area contributed by atoms with Crippen LogP contribution in [0.5, 0.6) is 0 Å². The fourth-order valence-corrected chi connectivity index (χ4v) is 4.49. The Hall–Kier alpha value is -1.59. The lowest BCUT2D eigenvalue weighted by Gasteiger charge is -2.35. The average molecular weight is 392 g/mol. The maximum atomic E-state index is 12.2. The molecule has 2 heterocycles. The summed E-state index contributed by atoms with van der Waals surface area (Å²) in [7, 11) is 0. The number of rotatable bonds is 6. The molecule has 1 aromatic carbocycles. The molecule has 3 rings (SSSR count). The van der Waals surface area contributed by atoms with Gasteiger partial charge in [0, 0.05) is 51.1 Å². The largest absolute Gasteiger partial charge is 0.356 e. The Kier molecular flexibility index (Phi) is 7.13. The predicted octanol–water partition coefficient (Wildman–Crippen LogP) is 2.93. The first kappa shape index (κ1) is 20.2. The van der Waals surface area contributed by atoms with Gasteiger partial charge < -0.3 is 10.2 Å². The van der Waals surface area contributed by atoms with Gasteiger partial charge in [0.1, 0.15) is 0 Å². The number of likely N-dealkylation sites (tertiary alicyclic amines) is 2. The number of benzene rings is 1. The zero-order chi connectivity index (χ0) is 19.2. The van der Waals surface area contributed by atoms with E-state index in [1.165, 1.54) is 18.9 Å². The number of hydrogen-bond acceptors (Lipinski definition) is 3. The van der Waals surface area contributed by atoms with Crippen molar-refractivity contribution in [2.45, 2.75) is 39.2 Å². The van der Waals surface area contributed by atoms with Crippen LogP contribution in [0.15, 0.2) is 24.3 Å². The quantitative estimate of drug-likeness (QED) is 0.811. The van der Waals surface area contributed by atoms with E-state index in [-0.39, 0.29) is 11.8 Å². The number of carbonyl (C=O) groups is 2. The zero-order valence-corrected chi connectivity index (χ0v) is 16.9. The fraction of sp³-hybridized carbons (Fsp3) is 0.619. The first-order valence-electron chi connectivity index (χ1n) is 10.0. The summed E-state index contributed by atoms with van der Waals surface area (Å²) < 4.78 is 0. The van der Waals surface area contributed by atoms with E-state index >= 15 is 0 Å². The third-order valence-electron chi connectivity index (χ3n) is 5.90. The van der Waals surface area contributed by atoms with Gasteiger partial charge in [0.05, 0.1) is 0 Å². The second-order valence-electron chi connectivity index (χ2n) is 7.86. The van der Waals surface area contributed by atoms with Crippen LogP contribution < -0.4 is 5.32 Å². The third kappa shape index (κ3) is 5.94. The van der Waals surface area contributed by atoms with Gasteiger partial charge in [-0.1, -0.05) is 23.7 Å². The van der Waals surface area contributed by atoms with Crippen molar-refractivity contribution in [1.82, 2.24) is 15.1 Å². The van der Waals surface area contributed by atoms with E-state index in [9.17, 15) is 9.59 Å². The number of piperidine rings is 1. The van der Waals surface area contributed by atoms with Crippen LogP contribution in [0.3, 0.4) is 0 Å². The van der Waals surface area contributed by atoms with Crippen LogP contribution in [0.2, 0.25) is 5.02 Å². The lowest BCUT2D eigenvalue weighted by molar-refractivity contribution is -0.132. The Balaban J connectivity index is 1.39. The average Bonchev–Trinajstić information content (AvgIpc) is 3.12. The Morgan fingerprint density at radius 3 is 2.41 bits per heavy atom. The Bertz CT molecular complexity index is 641. The van der Waals surface area contributed by atoms with E-state index in [1.54, 1.807) is 0 Å². The van der Waals surface area contributed by atoms with Crippen LogP contribution in [0.4, 0.5) is 0 Å². The molecule has 0 spiro atoms. The molecule has 2 aliphatic rings. The van der Waals surface area contributed by atoms with Gasteiger partial charge in [0.2, 0.25) is 11.8 Å². The molecule has 2 aliphatic heterocycles. The molecule has 2 amide bonds. The number of nitrogens with zero attached hydrogens (tertiary/aromatic N) is 2. The van der Waals surface area contributed by atoms with E-state index in [1.807, 2.05) is 17.0 Å². The standard InChI is InChI=1S/C21H30ClN3O2/c1-16(26)23-10-6-21(27)25-12-8-18(9-13-25)19-7-11-24(15-19)14-17-2-4-20(22)5-3-17/h2-5,18-19H,6-15H2,1H3,(H,23,26). The molecule has 1 atom stereocenters. The molecule has 27 heavy (non-hydrogen) atoms. The summed E-state index contributed by atoms with van der Waals surface area (Å²) >= 11 is 5.97. The molecule has 0 aromatic heterocycles. The highest BCUT2D eigenvalue weighted by Crippen LogP contribution is 2.32. The molecule has 148 valence electrons. The SMILES string of the molecule is CC(=O)NCCC(=O)N1CCC(C2CCN(Cc3ccc(Cl)cc3)C2)CC1. The lowest BCUT2D eigenvalue weighted by atomic mass is 9.83. The number of amides is 2. The predicted molar refractivity (Wildman–Crippen MR) is 107 cm³/mol. The summed E-state index contributed by atoms with van der Waals surface area (Å²) in [5.74, 6) is 1.55. The van der Waals surface area contributed by atoms with E-state index in [0.29, 0.717) is 13.0 Å². The van der Waals surface area contributed by atoms with Crippen molar-refractivity contribution in [2.24, 2.45) is 11.8 Å². The normalized spacial score (nSPS) is 21.4. The molecule has 5 nitrogen and oxygen atoms in total. The Morgan fingerprint density at radius 2 is 1.74 bits per heavy atom. The van der Waals surface area contributed by atoms with Crippen molar-refractivity contribution in [3.8, 4) is 0 Å². The molecule has 2 fully saturated rings. The van der Waals surface area contributed by atoms with Crippen LogP contribution >= 0.6 is 11.6 Å². The van der Waals surface area contributed by atoms with Gasteiger partial charge in [0.15, 0.2) is 0 Å². The smallest absolute Gasteiger partial charge is 0.224 e. The number of carbonyl (C=O) groups excluding carboxylic acids is 2. The topological polar surface area (TPSA) is 52.7 Å². The minimum Gasteiger partial charge on any atom is -0.356 e. The van der Waals surface area contributed by atoms with E-state index in [4.69, 9.17) is 11.6 Å². The van der Waals surface area contributed by atoms with E-state index < -0.39 is 0 Å². The van der Waals surface area contributed by atoms with Crippen molar-refractivity contribution in [1.29, 1.82) is 0 Å². The van der Waals surface area contributed by atoms with Gasteiger partial charge in [-0.2, -0.15) is 0 Å². The van der Waals surface area contributed by atoms with E-state index in [0.717, 1.165) is 62.4 Å².